The number of thiazole rings is 1. The lowest BCUT2D eigenvalue weighted by Crippen LogP contribution is -2.17. The maximum absolute atomic E-state index is 12.2. The van der Waals surface area contributed by atoms with Gasteiger partial charge in [-0.2, -0.15) is 4.99 Å². The third-order valence-corrected chi connectivity index (χ3v) is 6.15. The maximum Gasteiger partial charge on any atom is 0.258 e. The van der Waals surface area contributed by atoms with E-state index in [0.29, 0.717) is 11.3 Å². The minimum absolute atomic E-state index is 0.175. The van der Waals surface area contributed by atoms with Gasteiger partial charge in [-0.05, 0) is 12.5 Å². The first kappa shape index (κ1) is 17.8. The van der Waals surface area contributed by atoms with Crippen LogP contribution in [0.4, 0.5) is 5.13 Å². The van der Waals surface area contributed by atoms with Crippen LogP contribution in [0.25, 0.3) is 0 Å². The molecule has 0 spiro atoms. The lowest BCUT2D eigenvalue weighted by Gasteiger charge is -2.03. The maximum atomic E-state index is 12.2. The molecule has 0 aliphatic carbocycles. The molecule has 0 fully saturated rings. The number of aromatic nitrogens is 3. The molecule has 130 valence electrons. The highest BCUT2D eigenvalue weighted by atomic mass is 32.2. The molecule has 6 nitrogen and oxygen atoms in total. The fourth-order valence-corrected chi connectivity index (χ4v) is 4.26. The van der Waals surface area contributed by atoms with Crippen molar-refractivity contribution in [2.75, 3.05) is 18.1 Å². The molecule has 3 rings (SSSR count). The number of carbonyl (C=O) groups excluding carboxylic acids is 1. The van der Waals surface area contributed by atoms with Crippen LogP contribution in [0.2, 0.25) is 0 Å². The molecule has 25 heavy (non-hydrogen) atoms. The van der Waals surface area contributed by atoms with Crippen LogP contribution in [0.15, 0.2) is 45.2 Å². The Morgan fingerprint density at radius 1 is 1.32 bits per heavy atom. The first-order chi connectivity index (χ1) is 12.1. The Bertz CT molecular complexity index is 910. The second-order valence-electron chi connectivity index (χ2n) is 5.22. The third-order valence-electron chi connectivity index (χ3n) is 3.29. The molecule has 0 bridgehead atoms. The average molecular weight is 392 g/mol. The normalized spacial score (nSPS) is 11.7. The van der Waals surface area contributed by atoms with Crippen LogP contribution < -0.4 is 10.1 Å². The van der Waals surface area contributed by atoms with Gasteiger partial charge in [-0.25, -0.2) is 0 Å². The number of aryl methyl sites for hydroxylation is 1. The molecular weight excluding hydrogens is 374 g/mol. The Labute approximate surface area is 157 Å². The standard InChI is InChI=1S/C16H17N5OS3/c1-11-3-5-12(6-4-11)9-21-7-8-23-15(21)18-13(22)10-24-16-20-19-14(17-2)25-16/h3-8H,9-10H2,1-2H3,(H,17,19). The van der Waals surface area contributed by atoms with Gasteiger partial charge in [0.1, 0.15) is 0 Å². The number of amides is 1. The van der Waals surface area contributed by atoms with Gasteiger partial charge in [-0.1, -0.05) is 52.9 Å². The average Bonchev–Trinajstić information content (AvgIpc) is 3.24. The van der Waals surface area contributed by atoms with Crippen molar-refractivity contribution < 1.29 is 4.79 Å². The zero-order chi connectivity index (χ0) is 17.6. The van der Waals surface area contributed by atoms with Crippen molar-refractivity contribution in [2.24, 2.45) is 4.99 Å². The summed E-state index contributed by atoms with van der Waals surface area (Å²) >= 11 is 4.24. The van der Waals surface area contributed by atoms with E-state index in [1.165, 1.54) is 45.6 Å². The molecule has 0 unspecified atom stereocenters. The number of hydrogen-bond donors (Lipinski definition) is 1. The van der Waals surface area contributed by atoms with E-state index < -0.39 is 0 Å². The van der Waals surface area contributed by atoms with E-state index in [4.69, 9.17) is 0 Å². The summed E-state index contributed by atoms with van der Waals surface area (Å²) < 4.78 is 2.74. The predicted molar refractivity (Wildman–Crippen MR) is 103 cm³/mol. The number of nitrogens with one attached hydrogen (secondary N) is 1. The minimum atomic E-state index is -0.175. The summed E-state index contributed by atoms with van der Waals surface area (Å²) in [6, 6.07) is 8.36. The van der Waals surface area contributed by atoms with E-state index in [0.717, 1.165) is 9.47 Å². The van der Waals surface area contributed by atoms with E-state index in [-0.39, 0.29) is 11.7 Å². The highest BCUT2D eigenvalue weighted by Crippen LogP contribution is 2.24. The Morgan fingerprint density at radius 3 is 2.84 bits per heavy atom. The van der Waals surface area contributed by atoms with Crippen molar-refractivity contribution in [3.8, 4) is 0 Å². The summed E-state index contributed by atoms with van der Waals surface area (Å²) in [7, 11) is 1.79. The minimum Gasteiger partial charge on any atom is -0.363 e. The number of thioether (sulfide) groups is 1. The highest BCUT2D eigenvalue weighted by molar-refractivity contribution is 8.01. The number of anilines is 1. The van der Waals surface area contributed by atoms with Crippen molar-refractivity contribution in [3.63, 3.8) is 0 Å². The van der Waals surface area contributed by atoms with Gasteiger partial charge in [0.15, 0.2) is 9.14 Å². The fourth-order valence-electron chi connectivity index (χ4n) is 2.03. The molecule has 0 saturated heterocycles. The Balaban J connectivity index is 1.65. The number of hydrogen-bond acceptors (Lipinski definition) is 7. The van der Waals surface area contributed by atoms with Gasteiger partial charge in [-0.15, -0.1) is 21.5 Å². The quantitative estimate of drug-likeness (QED) is 0.654. The van der Waals surface area contributed by atoms with Gasteiger partial charge in [-0.3, -0.25) is 4.79 Å². The van der Waals surface area contributed by atoms with Gasteiger partial charge < -0.3 is 9.88 Å². The molecule has 1 aromatic carbocycles. The number of benzene rings is 1. The van der Waals surface area contributed by atoms with Gasteiger partial charge >= 0.3 is 0 Å². The monoisotopic (exact) mass is 391 g/mol. The molecule has 2 heterocycles. The van der Waals surface area contributed by atoms with E-state index >= 15 is 0 Å². The molecule has 1 amide bonds. The second kappa shape index (κ2) is 8.41. The number of carbonyl (C=O) groups is 1. The molecule has 0 saturated carbocycles. The molecule has 0 atom stereocenters. The van der Waals surface area contributed by atoms with E-state index in [1.807, 2.05) is 16.1 Å². The SMILES string of the molecule is CNc1nnc(SCC(=O)N=c2sccn2Cc2ccc(C)cc2)s1. The first-order valence-electron chi connectivity index (χ1n) is 7.55. The summed E-state index contributed by atoms with van der Waals surface area (Å²) in [5, 5.41) is 13.6. The molecular formula is C16H17N5OS3. The van der Waals surface area contributed by atoms with E-state index in [1.54, 1.807) is 7.05 Å². The molecule has 2 aromatic heterocycles. The summed E-state index contributed by atoms with van der Waals surface area (Å²) in [6.45, 7) is 2.76. The zero-order valence-electron chi connectivity index (χ0n) is 13.8. The smallest absolute Gasteiger partial charge is 0.258 e. The van der Waals surface area contributed by atoms with Gasteiger partial charge in [0.05, 0.1) is 5.75 Å². The Morgan fingerprint density at radius 2 is 2.12 bits per heavy atom. The number of nitrogens with zero attached hydrogens (tertiary/aromatic N) is 4. The first-order valence-corrected chi connectivity index (χ1v) is 10.2. The Hall–Kier alpha value is -1.97. The molecule has 3 aromatic rings. The fraction of sp³-hybridized carbons (Fsp3) is 0.250. The van der Waals surface area contributed by atoms with Crippen LogP contribution in [0.5, 0.6) is 0 Å². The molecule has 0 aliphatic heterocycles. The van der Waals surface area contributed by atoms with Crippen molar-refractivity contribution in [1.29, 1.82) is 0 Å². The molecule has 0 aliphatic rings. The lowest BCUT2D eigenvalue weighted by atomic mass is 10.1. The van der Waals surface area contributed by atoms with Crippen molar-refractivity contribution in [2.45, 2.75) is 17.8 Å². The summed E-state index contributed by atoms with van der Waals surface area (Å²) in [6.07, 6.45) is 1.95. The summed E-state index contributed by atoms with van der Waals surface area (Å²) in [5.41, 5.74) is 2.41. The molecule has 9 heteroatoms. The van der Waals surface area contributed by atoms with Gasteiger partial charge in [0.25, 0.3) is 5.91 Å². The van der Waals surface area contributed by atoms with Gasteiger partial charge in [0.2, 0.25) is 5.13 Å². The van der Waals surface area contributed by atoms with Gasteiger partial charge in [0, 0.05) is 25.2 Å². The topological polar surface area (TPSA) is 72.2 Å². The molecule has 1 N–H and O–H groups in total. The predicted octanol–water partition coefficient (Wildman–Crippen LogP) is 3.02. The van der Waals surface area contributed by atoms with Crippen LogP contribution in [-0.4, -0.2) is 33.5 Å². The second-order valence-corrected chi connectivity index (χ2v) is 8.29. The lowest BCUT2D eigenvalue weighted by molar-refractivity contribution is -0.115. The van der Waals surface area contributed by atoms with Crippen molar-refractivity contribution >= 4 is 45.5 Å². The summed E-state index contributed by atoms with van der Waals surface area (Å²) in [5.74, 6) is 0.0761. The Kier molecular flexibility index (Phi) is 6.00. The highest BCUT2D eigenvalue weighted by Gasteiger charge is 2.07. The van der Waals surface area contributed by atoms with Crippen LogP contribution in [0.3, 0.4) is 0 Å². The largest absolute Gasteiger partial charge is 0.363 e. The molecule has 0 radical (unpaired) electrons. The van der Waals surface area contributed by atoms with Crippen LogP contribution in [-0.2, 0) is 11.3 Å². The van der Waals surface area contributed by atoms with E-state index in [9.17, 15) is 4.79 Å². The zero-order valence-corrected chi connectivity index (χ0v) is 16.2. The van der Waals surface area contributed by atoms with Crippen molar-refractivity contribution in [1.82, 2.24) is 14.8 Å². The number of rotatable bonds is 6. The van der Waals surface area contributed by atoms with Crippen LogP contribution in [0.1, 0.15) is 11.1 Å². The van der Waals surface area contributed by atoms with Crippen molar-refractivity contribution in [3.05, 3.63) is 51.8 Å². The van der Waals surface area contributed by atoms with Crippen LogP contribution in [0, 0.1) is 6.92 Å². The summed E-state index contributed by atoms with van der Waals surface area (Å²) in [4.78, 5) is 17.1. The van der Waals surface area contributed by atoms with Crippen LogP contribution >= 0.6 is 34.4 Å². The van der Waals surface area contributed by atoms with E-state index in [2.05, 4.69) is 51.7 Å². The third kappa shape index (κ3) is 5.00.